The third kappa shape index (κ3) is 8.83. The Morgan fingerprint density at radius 2 is 1.56 bits per heavy atom. The first-order valence-corrected chi connectivity index (χ1v) is 7.26. The fraction of sp³-hybridized carbons (Fsp3) is 1.00. The fourth-order valence-electron chi connectivity index (χ4n) is 2.10. The number of ether oxygens (including phenoxy) is 1. The zero-order valence-electron chi connectivity index (χ0n) is 11.5. The van der Waals surface area contributed by atoms with Gasteiger partial charge in [0.1, 0.15) is 0 Å². The number of aliphatic hydroxyl groups is 1. The van der Waals surface area contributed by atoms with Gasteiger partial charge in [0, 0.05) is 32.7 Å². The van der Waals surface area contributed by atoms with Crippen LogP contribution in [0.5, 0.6) is 0 Å². The van der Waals surface area contributed by atoms with E-state index in [-0.39, 0.29) is 6.61 Å². The lowest BCUT2D eigenvalue weighted by Crippen LogP contribution is -2.44. The van der Waals surface area contributed by atoms with Gasteiger partial charge in [-0.25, -0.2) is 0 Å². The molecule has 0 aromatic carbocycles. The monoisotopic (exact) mass is 259 g/mol. The van der Waals surface area contributed by atoms with E-state index in [2.05, 4.69) is 15.5 Å². The highest BCUT2D eigenvalue weighted by Crippen LogP contribution is 1.96. The summed E-state index contributed by atoms with van der Waals surface area (Å²) in [4.78, 5) is 2.37. The highest BCUT2D eigenvalue weighted by atomic mass is 16.5. The molecular formula is C13H29N3O2. The van der Waals surface area contributed by atoms with Gasteiger partial charge in [-0.15, -0.1) is 0 Å². The van der Waals surface area contributed by atoms with Gasteiger partial charge in [-0.3, -0.25) is 4.90 Å². The maximum atomic E-state index is 8.45. The van der Waals surface area contributed by atoms with Crippen molar-refractivity contribution in [1.82, 2.24) is 15.5 Å². The molecule has 5 nitrogen and oxygen atoms in total. The van der Waals surface area contributed by atoms with Gasteiger partial charge in [0.25, 0.3) is 0 Å². The van der Waals surface area contributed by atoms with Crippen molar-refractivity contribution in [3.05, 3.63) is 0 Å². The van der Waals surface area contributed by atoms with E-state index in [9.17, 15) is 0 Å². The third-order valence-electron chi connectivity index (χ3n) is 3.20. The van der Waals surface area contributed by atoms with Crippen LogP contribution in [0.25, 0.3) is 0 Å². The van der Waals surface area contributed by atoms with Crippen LogP contribution >= 0.6 is 0 Å². The molecule has 0 saturated carbocycles. The average molecular weight is 259 g/mol. The van der Waals surface area contributed by atoms with E-state index >= 15 is 0 Å². The molecule has 108 valence electrons. The van der Waals surface area contributed by atoms with Crippen molar-refractivity contribution in [1.29, 1.82) is 0 Å². The number of hydrogen-bond acceptors (Lipinski definition) is 5. The second-order valence-corrected chi connectivity index (χ2v) is 4.74. The van der Waals surface area contributed by atoms with E-state index in [0.29, 0.717) is 6.61 Å². The summed E-state index contributed by atoms with van der Waals surface area (Å²) in [6, 6.07) is 0. The first-order chi connectivity index (χ1) is 8.93. The smallest absolute Gasteiger partial charge is 0.0698 e. The quantitative estimate of drug-likeness (QED) is 0.590. The summed E-state index contributed by atoms with van der Waals surface area (Å²) in [5.41, 5.74) is 0. The Kier molecular flexibility index (Phi) is 10.5. The molecule has 5 heteroatoms. The Morgan fingerprint density at radius 1 is 0.889 bits per heavy atom. The summed E-state index contributed by atoms with van der Waals surface area (Å²) in [6.45, 7) is 9.21. The van der Waals surface area contributed by atoms with Crippen LogP contribution in [0.4, 0.5) is 0 Å². The summed E-state index contributed by atoms with van der Waals surface area (Å²) in [5, 5.41) is 15.0. The van der Waals surface area contributed by atoms with Crippen LogP contribution in [0, 0.1) is 0 Å². The summed E-state index contributed by atoms with van der Waals surface area (Å²) in [5.74, 6) is 0. The Bertz CT molecular complexity index is 160. The van der Waals surface area contributed by atoms with Gasteiger partial charge in [0.15, 0.2) is 0 Å². The molecule has 0 aromatic rings. The zero-order valence-corrected chi connectivity index (χ0v) is 11.5. The predicted molar refractivity (Wildman–Crippen MR) is 73.9 cm³/mol. The lowest BCUT2D eigenvalue weighted by molar-refractivity contribution is 0.0710. The van der Waals surface area contributed by atoms with Crippen LogP contribution in [0.1, 0.15) is 19.3 Å². The number of piperazine rings is 1. The summed E-state index contributed by atoms with van der Waals surface area (Å²) in [6.07, 6.45) is 4.22. The molecule has 2 rings (SSSR count). The van der Waals surface area contributed by atoms with Gasteiger partial charge in [-0.1, -0.05) is 6.42 Å². The topological polar surface area (TPSA) is 56.8 Å². The molecule has 2 aliphatic heterocycles. The second-order valence-electron chi connectivity index (χ2n) is 4.74. The normalized spacial score (nSPS) is 21.2. The van der Waals surface area contributed by atoms with Crippen molar-refractivity contribution >= 4 is 0 Å². The summed E-state index contributed by atoms with van der Waals surface area (Å²) >= 11 is 0. The molecule has 0 aliphatic carbocycles. The predicted octanol–water partition coefficient (Wildman–Crippen LogP) is -0.340. The molecule has 18 heavy (non-hydrogen) atoms. The van der Waals surface area contributed by atoms with Crippen molar-refractivity contribution in [2.45, 2.75) is 19.3 Å². The van der Waals surface area contributed by atoms with Crippen molar-refractivity contribution in [3.63, 3.8) is 0 Å². The minimum Gasteiger partial charge on any atom is -0.394 e. The van der Waals surface area contributed by atoms with Gasteiger partial charge >= 0.3 is 0 Å². The molecule has 2 heterocycles. The van der Waals surface area contributed by atoms with Crippen LogP contribution in [0.2, 0.25) is 0 Å². The Labute approximate surface area is 111 Å². The van der Waals surface area contributed by atoms with Gasteiger partial charge < -0.3 is 20.5 Å². The number of piperidine rings is 1. The van der Waals surface area contributed by atoms with E-state index < -0.39 is 0 Å². The molecule has 0 amide bonds. The average Bonchev–Trinajstić information content (AvgIpc) is 2.47. The van der Waals surface area contributed by atoms with Gasteiger partial charge in [0.2, 0.25) is 0 Å². The zero-order chi connectivity index (χ0) is 12.9. The molecule has 0 atom stereocenters. The first kappa shape index (κ1) is 15.9. The Morgan fingerprint density at radius 3 is 2.06 bits per heavy atom. The van der Waals surface area contributed by atoms with E-state index in [1.165, 1.54) is 32.4 Å². The van der Waals surface area contributed by atoms with E-state index in [4.69, 9.17) is 9.84 Å². The third-order valence-corrected chi connectivity index (χ3v) is 3.20. The van der Waals surface area contributed by atoms with Crippen molar-refractivity contribution in [2.75, 3.05) is 65.6 Å². The maximum absolute atomic E-state index is 8.45. The SMILES string of the molecule is C1CCNCC1.OCCOCCN1CCNCC1. The standard InChI is InChI=1S/C8H18N2O2.C5H11N/c11-6-8-12-7-5-10-3-1-9-2-4-10;1-2-4-6-5-3-1/h9,11H,1-8H2;6H,1-5H2. The van der Waals surface area contributed by atoms with Crippen molar-refractivity contribution < 1.29 is 9.84 Å². The van der Waals surface area contributed by atoms with Crippen LogP contribution in [-0.4, -0.2) is 75.6 Å². The minimum atomic E-state index is 0.127. The number of nitrogens with zero attached hydrogens (tertiary/aromatic N) is 1. The van der Waals surface area contributed by atoms with Crippen LogP contribution in [0.3, 0.4) is 0 Å². The number of aliphatic hydroxyl groups excluding tert-OH is 1. The van der Waals surface area contributed by atoms with E-state index in [0.717, 1.165) is 39.3 Å². The molecule has 2 saturated heterocycles. The lowest BCUT2D eigenvalue weighted by Gasteiger charge is -2.26. The van der Waals surface area contributed by atoms with Gasteiger partial charge in [-0.05, 0) is 25.9 Å². The van der Waals surface area contributed by atoms with Gasteiger partial charge in [-0.2, -0.15) is 0 Å². The van der Waals surface area contributed by atoms with Crippen LogP contribution in [-0.2, 0) is 4.74 Å². The maximum Gasteiger partial charge on any atom is 0.0698 e. The molecule has 0 unspecified atom stereocenters. The molecule has 3 N–H and O–H groups in total. The minimum absolute atomic E-state index is 0.127. The lowest BCUT2D eigenvalue weighted by atomic mass is 10.2. The summed E-state index contributed by atoms with van der Waals surface area (Å²) < 4.78 is 5.17. The number of rotatable bonds is 5. The highest BCUT2D eigenvalue weighted by molar-refractivity contribution is 4.66. The molecule has 0 aromatic heterocycles. The first-order valence-electron chi connectivity index (χ1n) is 7.26. The largest absolute Gasteiger partial charge is 0.394 e. The Balaban J connectivity index is 0.000000225. The van der Waals surface area contributed by atoms with Crippen molar-refractivity contribution in [3.8, 4) is 0 Å². The van der Waals surface area contributed by atoms with Crippen molar-refractivity contribution in [2.24, 2.45) is 0 Å². The molecule has 2 fully saturated rings. The van der Waals surface area contributed by atoms with Crippen LogP contribution < -0.4 is 10.6 Å². The number of nitrogens with one attached hydrogen (secondary N) is 2. The fourth-order valence-corrected chi connectivity index (χ4v) is 2.10. The van der Waals surface area contributed by atoms with E-state index in [1.54, 1.807) is 0 Å². The molecular weight excluding hydrogens is 230 g/mol. The Hall–Kier alpha value is -0.200. The molecule has 0 radical (unpaired) electrons. The van der Waals surface area contributed by atoms with E-state index in [1.807, 2.05) is 0 Å². The molecule has 2 aliphatic rings. The second kappa shape index (κ2) is 11.9. The van der Waals surface area contributed by atoms with Gasteiger partial charge in [0.05, 0.1) is 19.8 Å². The molecule has 0 bridgehead atoms. The summed E-state index contributed by atoms with van der Waals surface area (Å²) in [7, 11) is 0. The molecule has 0 spiro atoms. The van der Waals surface area contributed by atoms with Crippen LogP contribution in [0.15, 0.2) is 0 Å². The highest BCUT2D eigenvalue weighted by Gasteiger charge is 2.07. The number of hydrogen-bond donors (Lipinski definition) is 3.